The van der Waals surface area contributed by atoms with E-state index in [-0.39, 0.29) is 11.3 Å². The summed E-state index contributed by atoms with van der Waals surface area (Å²) in [4.78, 5) is 14.2. The van der Waals surface area contributed by atoms with Gasteiger partial charge in [-0.05, 0) is 53.6 Å². The molecule has 1 fully saturated rings. The number of hydrogen-bond acceptors (Lipinski definition) is 3. The number of carbonyl (C=O) groups is 1. The molecule has 4 heteroatoms. The van der Waals surface area contributed by atoms with Gasteiger partial charge in [0.05, 0.1) is 5.41 Å². The lowest BCUT2D eigenvalue weighted by atomic mass is 9.91. The molecule has 0 unspecified atom stereocenters. The molecule has 2 N–H and O–H groups in total. The number of allylic oxidation sites excluding steroid dienone is 1. The number of nitrogens with zero attached hydrogens (tertiary/aromatic N) is 1. The minimum Gasteiger partial charge on any atom is -0.359 e. The van der Waals surface area contributed by atoms with E-state index in [0.29, 0.717) is 6.04 Å². The number of amides is 1. The Labute approximate surface area is 124 Å². The SMILES string of the molecule is CNC(=O)C(C)(C)CNC1CCN(CC=C(C)C)CC1. The summed E-state index contributed by atoms with van der Waals surface area (Å²) in [6, 6.07) is 0.543. The smallest absolute Gasteiger partial charge is 0.226 e. The van der Waals surface area contributed by atoms with Crippen molar-refractivity contribution in [3.63, 3.8) is 0 Å². The van der Waals surface area contributed by atoms with E-state index < -0.39 is 0 Å². The van der Waals surface area contributed by atoms with Crippen LogP contribution in [0.25, 0.3) is 0 Å². The van der Waals surface area contributed by atoms with Gasteiger partial charge in [-0.1, -0.05) is 11.6 Å². The maximum absolute atomic E-state index is 11.7. The summed E-state index contributed by atoms with van der Waals surface area (Å²) in [5.74, 6) is 0.103. The third kappa shape index (κ3) is 5.63. The largest absolute Gasteiger partial charge is 0.359 e. The second-order valence-electron chi connectivity index (χ2n) is 6.70. The average Bonchev–Trinajstić information content (AvgIpc) is 2.43. The van der Waals surface area contributed by atoms with Gasteiger partial charge < -0.3 is 10.6 Å². The van der Waals surface area contributed by atoms with Crippen molar-refractivity contribution in [3.8, 4) is 0 Å². The highest BCUT2D eigenvalue weighted by Gasteiger charge is 2.28. The minimum absolute atomic E-state index is 0.103. The zero-order chi connectivity index (χ0) is 15.2. The quantitative estimate of drug-likeness (QED) is 0.730. The van der Waals surface area contributed by atoms with Crippen LogP contribution in [0, 0.1) is 5.41 Å². The molecule has 0 spiro atoms. The molecule has 1 aliphatic heterocycles. The molecule has 4 nitrogen and oxygen atoms in total. The molecule has 0 aliphatic carbocycles. The van der Waals surface area contributed by atoms with Gasteiger partial charge >= 0.3 is 0 Å². The number of piperidine rings is 1. The molecule has 0 aromatic carbocycles. The molecule has 1 saturated heterocycles. The molecule has 0 radical (unpaired) electrons. The molecule has 116 valence electrons. The predicted octanol–water partition coefficient (Wildman–Crippen LogP) is 1.78. The van der Waals surface area contributed by atoms with E-state index in [1.165, 1.54) is 18.4 Å². The van der Waals surface area contributed by atoms with E-state index in [1.807, 2.05) is 13.8 Å². The molecule has 20 heavy (non-hydrogen) atoms. The molecule has 0 bridgehead atoms. The highest BCUT2D eigenvalue weighted by Crippen LogP contribution is 2.16. The van der Waals surface area contributed by atoms with Crippen LogP contribution < -0.4 is 10.6 Å². The maximum Gasteiger partial charge on any atom is 0.226 e. The van der Waals surface area contributed by atoms with Gasteiger partial charge in [-0.3, -0.25) is 9.69 Å². The molecule has 0 saturated carbocycles. The summed E-state index contributed by atoms with van der Waals surface area (Å²) >= 11 is 0. The van der Waals surface area contributed by atoms with E-state index in [1.54, 1.807) is 7.05 Å². The number of nitrogens with one attached hydrogen (secondary N) is 2. The number of rotatable bonds is 6. The Balaban J connectivity index is 2.29. The summed E-state index contributed by atoms with van der Waals surface area (Å²) < 4.78 is 0. The van der Waals surface area contributed by atoms with Crippen LogP contribution in [0.3, 0.4) is 0 Å². The van der Waals surface area contributed by atoms with Crippen molar-refractivity contribution in [2.75, 3.05) is 33.2 Å². The monoisotopic (exact) mass is 281 g/mol. The third-order valence-electron chi connectivity index (χ3n) is 4.02. The van der Waals surface area contributed by atoms with Gasteiger partial charge in [0, 0.05) is 26.2 Å². The van der Waals surface area contributed by atoms with Crippen LogP contribution in [0.2, 0.25) is 0 Å². The standard InChI is InChI=1S/C16H31N3O/c1-13(2)6-9-19-10-7-14(8-11-19)18-12-16(3,4)15(20)17-5/h6,14,18H,7-12H2,1-5H3,(H,17,20). The first-order valence-corrected chi connectivity index (χ1v) is 7.66. The zero-order valence-corrected chi connectivity index (χ0v) is 13.8. The van der Waals surface area contributed by atoms with Crippen molar-refractivity contribution in [1.82, 2.24) is 15.5 Å². The van der Waals surface area contributed by atoms with E-state index in [0.717, 1.165) is 26.2 Å². The van der Waals surface area contributed by atoms with Crippen molar-refractivity contribution >= 4 is 5.91 Å². The maximum atomic E-state index is 11.7. The lowest BCUT2D eigenvalue weighted by Crippen LogP contribution is -2.48. The van der Waals surface area contributed by atoms with Crippen LogP contribution in [0.1, 0.15) is 40.5 Å². The van der Waals surface area contributed by atoms with Gasteiger partial charge in [0.1, 0.15) is 0 Å². The van der Waals surface area contributed by atoms with E-state index in [9.17, 15) is 4.79 Å². The van der Waals surface area contributed by atoms with Crippen molar-refractivity contribution in [3.05, 3.63) is 11.6 Å². The average molecular weight is 281 g/mol. The second-order valence-corrected chi connectivity index (χ2v) is 6.70. The second kappa shape index (κ2) is 7.79. The highest BCUT2D eigenvalue weighted by atomic mass is 16.2. The fraction of sp³-hybridized carbons (Fsp3) is 0.812. The van der Waals surface area contributed by atoms with Crippen molar-refractivity contribution < 1.29 is 4.79 Å². The van der Waals surface area contributed by atoms with Crippen LogP contribution in [0.5, 0.6) is 0 Å². The first kappa shape index (κ1) is 17.2. The number of likely N-dealkylation sites (tertiary alicyclic amines) is 1. The van der Waals surface area contributed by atoms with E-state index >= 15 is 0 Å². The molecule has 0 aromatic rings. The van der Waals surface area contributed by atoms with Crippen LogP contribution in [-0.4, -0.2) is 50.1 Å². The van der Waals surface area contributed by atoms with E-state index in [2.05, 4.69) is 35.5 Å². The zero-order valence-electron chi connectivity index (χ0n) is 13.8. The summed E-state index contributed by atoms with van der Waals surface area (Å²) in [7, 11) is 1.70. The van der Waals surface area contributed by atoms with Gasteiger partial charge in [-0.15, -0.1) is 0 Å². The number of carbonyl (C=O) groups excluding carboxylic acids is 1. The molecular weight excluding hydrogens is 250 g/mol. The Morgan fingerprint density at radius 3 is 2.40 bits per heavy atom. The van der Waals surface area contributed by atoms with Crippen LogP contribution in [-0.2, 0) is 4.79 Å². The summed E-state index contributed by atoms with van der Waals surface area (Å²) in [5, 5.41) is 6.29. The molecule has 0 atom stereocenters. The summed E-state index contributed by atoms with van der Waals surface area (Å²) in [6.45, 7) is 12.4. The lowest BCUT2D eigenvalue weighted by molar-refractivity contribution is -0.128. The Hall–Kier alpha value is -0.870. The minimum atomic E-state index is -0.339. The Kier molecular flexibility index (Phi) is 6.69. The van der Waals surface area contributed by atoms with E-state index in [4.69, 9.17) is 0 Å². The van der Waals surface area contributed by atoms with Crippen molar-refractivity contribution in [1.29, 1.82) is 0 Å². The Morgan fingerprint density at radius 1 is 1.30 bits per heavy atom. The first-order chi connectivity index (χ1) is 9.35. The topological polar surface area (TPSA) is 44.4 Å². The van der Waals surface area contributed by atoms with Crippen LogP contribution in [0.4, 0.5) is 0 Å². The van der Waals surface area contributed by atoms with Crippen molar-refractivity contribution in [2.24, 2.45) is 5.41 Å². The van der Waals surface area contributed by atoms with Crippen LogP contribution >= 0.6 is 0 Å². The molecule has 1 rings (SSSR count). The Morgan fingerprint density at radius 2 is 1.90 bits per heavy atom. The normalized spacial score (nSPS) is 17.9. The summed E-state index contributed by atoms with van der Waals surface area (Å²) in [5.41, 5.74) is 1.05. The van der Waals surface area contributed by atoms with Gasteiger partial charge in [0.15, 0.2) is 0 Å². The molecule has 1 heterocycles. The van der Waals surface area contributed by atoms with Gasteiger partial charge in [0.2, 0.25) is 5.91 Å². The first-order valence-electron chi connectivity index (χ1n) is 7.66. The lowest BCUT2D eigenvalue weighted by Gasteiger charge is -2.34. The molecular formula is C16H31N3O. The molecule has 1 aliphatic rings. The predicted molar refractivity (Wildman–Crippen MR) is 84.7 cm³/mol. The molecule has 1 amide bonds. The summed E-state index contributed by atoms with van der Waals surface area (Å²) in [6.07, 6.45) is 4.63. The Bertz CT molecular complexity index is 338. The highest BCUT2D eigenvalue weighted by molar-refractivity contribution is 5.81. The fourth-order valence-corrected chi connectivity index (χ4v) is 2.45. The third-order valence-corrected chi connectivity index (χ3v) is 4.02. The van der Waals surface area contributed by atoms with Gasteiger partial charge in [-0.2, -0.15) is 0 Å². The fourth-order valence-electron chi connectivity index (χ4n) is 2.45. The number of hydrogen-bond donors (Lipinski definition) is 2. The molecule has 0 aromatic heterocycles. The van der Waals surface area contributed by atoms with Gasteiger partial charge in [-0.25, -0.2) is 0 Å². The van der Waals surface area contributed by atoms with Gasteiger partial charge in [0.25, 0.3) is 0 Å². The van der Waals surface area contributed by atoms with Crippen molar-refractivity contribution in [2.45, 2.75) is 46.6 Å². The van der Waals surface area contributed by atoms with Crippen LogP contribution in [0.15, 0.2) is 11.6 Å².